The van der Waals surface area contributed by atoms with Crippen LogP contribution in [0.25, 0.3) is 0 Å². The van der Waals surface area contributed by atoms with Gasteiger partial charge in [0.1, 0.15) is 0 Å². The van der Waals surface area contributed by atoms with E-state index in [9.17, 15) is 13.2 Å². The second kappa shape index (κ2) is 7.25. The molecule has 20 heavy (non-hydrogen) atoms. The molecule has 1 aromatic carbocycles. The summed E-state index contributed by atoms with van der Waals surface area (Å²) in [6, 6.07) is 4.64. The van der Waals surface area contributed by atoms with Crippen LogP contribution in [-0.2, 0) is 19.6 Å². The molecule has 1 aromatic rings. The lowest BCUT2D eigenvalue weighted by Gasteiger charge is -2.08. The molecule has 0 fully saturated rings. The summed E-state index contributed by atoms with van der Waals surface area (Å²) in [4.78, 5) is 11.2. The van der Waals surface area contributed by atoms with Crippen molar-refractivity contribution < 1.29 is 17.9 Å². The number of hydrogen-bond acceptors (Lipinski definition) is 5. The Morgan fingerprint density at radius 3 is 2.65 bits per heavy atom. The fourth-order valence-electron chi connectivity index (χ4n) is 1.69. The molecule has 0 atom stereocenters. The van der Waals surface area contributed by atoms with Gasteiger partial charge in [-0.1, -0.05) is 0 Å². The van der Waals surface area contributed by atoms with Crippen LogP contribution in [0.5, 0.6) is 0 Å². The van der Waals surface area contributed by atoms with E-state index in [0.717, 1.165) is 5.56 Å². The lowest BCUT2D eigenvalue weighted by atomic mass is 10.2. The van der Waals surface area contributed by atoms with Crippen molar-refractivity contribution in [2.24, 2.45) is 0 Å². The van der Waals surface area contributed by atoms with Crippen LogP contribution in [0.4, 0.5) is 5.69 Å². The molecule has 0 saturated carbocycles. The number of anilines is 1. The summed E-state index contributed by atoms with van der Waals surface area (Å²) in [5, 5.41) is 0. The van der Waals surface area contributed by atoms with Crippen LogP contribution >= 0.6 is 0 Å². The first kappa shape index (κ1) is 16.5. The van der Waals surface area contributed by atoms with Crippen LogP contribution in [0, 0.1) is 6.92 Å². The Labute approximate surface area is 119 Å². The maximum atomic E-state index is 12.0. The van der Waals surface area contributed by atoms with Crippen molar-refractivity contribution in [1.29, 1.82) is 0 Å². The summed E-state index contributed by atoms with van der Waals surface area (Å²) in [6.45, 7) is 4.00. The van der Waals surface area contributed by atoms with Gasteiger partial charge in [0, 0.05) is 18.7 Å². The third-order valence-electron chi connectivity index (χ3n) is 2.54. The molecule has 0 aromatic heterocycles. The topological polar surface area (TPSA) is 98.5 Å². The predicted octanol–water partition coefficient (Wildman–Crippen LogP) is 1.20. The molecule has 0 heterocycles. The monoisotopic (exact) mass is 300 g/mol. The number of carbonyl (C=O) groups excluding carboxylic acids is 1. The van der Waals surface area contributed by atoms with Crippen LogP contribution in [-0.4, -0.2) is 27.5 Å². The van der Waals surface area contributed by atoms with E-state index in [-0.39, 0.29) is 23.8 Å². The van der Waals surface area contributed by atoms with Gasteiger partial charge in [0.25, 0.3) is 0 Å². The summed E-state index contributed by atoms with van der Waals surface area (Å²) in [5.74, 6) is -0.327. The van der Waals surface area contributed by atoms with Crippen LogP contribution in [0.15, 0.2) is 23.1 Å². The number of nitrogens with one attached hydrogen (secondary N) is 1. The van der Waals surface area contributed by atoms with Crippen molar-refractivity contribution in [2.75, 3.05) is 18.9 Å². The van der Waals surface area contributed by atoms with Crippen molar-refractivity contribution in [1.82, 2.24) is 4.72 Å². The largest absolute Gasteiger partial charge is 0.466 e. The Bertz CT molecular complexity index is 549. The Balaban J connectivity index is 2.56. The average molecular weight is 300 g/mol. The number of hydrogen-bond donors (Lipinski definition) is 2. The van der Waals surface area contributed by atoms with Crippen molar-refractivity contribution in [3.8, 4) is 0 Å². The van der Waals surface area contributed by atoms with Gasteiger partial charge >= 0.3 is 5.97 Å². The molecule has 0 bridgehead atoms. The highest BCUT2D eigenvalue weighted by atomic mass is 32.2. The van der Waals surface area contributed by atoms with Crippen molar-refractivity contribution in [2.45, 2.75) is 31.6 Å². The Morgan fingerprint density at radius 2 is 2.05 bits per heavy atom. The molecular weight excluding hydrogens is 280 g/mol. The maximum absolute atomic E-state index is 12.0. The van der Waals surface area contributed by atoms with Crippen molar-refractivity contribution >= 4 is 21.7 Å². The SMILES string of the molecule is CCOC(=O)CCCNS(=O)(=O)c1cc(C)cc(N)c1. The first-order valence-electron chi connectivity index (χ1n) is 6.37. The van der Waals surface area contributed by atoms with E-state index in [2.05, 4.69) is 4.72 Å². The van der Waals surface area contributed by atoms with E-state index >= 15 is 0 Å². The quantitative estimate of drug-likeness (QED) is 0.448. The summed E-state index contributed by atoms with van der Waals surface area (Å²) in [7, 11) is -3.60. The highest BCUT2D eigenvalue weighted by Gasteiger charge is 2.14. The van der Waals surface area contributed by atoms with Crippen molar-refractivity contribution in [3.05, 3.63) is 23.8 Å². The fraction of sp³-hybridized carbons (Fsp3) is 0.462. The molecule has 0 radical (unpaired) electrons. The van der Waals surface area contributed by atoms with Crippen LogP contribution in [0.2, 0.25) is 0 Å². The summed E-state index contributed by atoms with van der Waals surface area (Å²) < 4.78 is 31.2. The van der Waals surface area contributed by atoms with E-state index < -0.39 is 10.0 Å². The molecule has 0 amide bonds. The number of ether oxygens (including phenoxy) is 1. The zero-order valence-corrected chi connectivity index (χ0v) is 12.5. The minimum absolute atomic E-state index is 0.131. The van der Waals surface area contributed by atoms with E-state index in [1.807, 2.05) is 0 Å². The predicted molar refractivity (Wildman–Crippen MR) is 76.6 cm³/mol. The van der Waals surface area contributed by atoms with E-state index in [4.69, 9.17) is 10.5 Å². The normalized spacial score (nSPS) is 11.3. The van der Waals surface area contributed by atoms with Crippen LogP contribution in [0.3, 0.4) is 0 Å². The number of sulfonamides is 1. The first-order valence-corrected chi connectivity index (χ1v) is 7.86. The zero-order chi connectivity index (χ0) is 15.2. The number of rotatable bonds is 7. The smallest absolute Gasteiger partial charge is 0.305 e. The number of carbonyl (C=O) groups is 1. The van der Waals surface area contributed by atoms with E-state index in [1.54, 1.807) is 26.0 Å². The number of nitrogens with two attached hydrogens (primary N) is 1. The first-order chi connectivity index (χ1) is 9.35. The van der Waals surface area contributed by atoms with Crippen LogP contribution in [0.1, 0.15) is 25.3 Å². The minimum Gasteiger partial charge on any atom is -0.466 e. The second-order valence-corrected chi connectivity index (χ2v) is 6.15. The summed E-state index contributed by atoms with van der Waals surface area (Å²) in [5.41, 5.74) is 6.81. The molecule has 0 aliphatic carbocycles. The summed E-state index contributed by atoms with van der Waals surface area (Å²) in [6.07, 6.45) is 0.575. The van der Waals surface area contributed by atoms with Gasteiger partial charge in [-0.15, -0.1) is 0 Å². The number of aryl methyl sites for hydroxylation is 1. The van der Waals surface area contributed by atoms with Gasteiger partial charge in [-0.3, -0.25) is 4.79 Å². The number of benzene rings is 1. The fourth-order valence-corrected chi connectivity index (χ4v) is 2.90. The van der Waals surface area contributed by atoms with Gasteiger partial charge in [-0.25, -0.2) is 13.1 Å². The highest BCUT2D eigenvalue weighted by molar-refractivity contribution is 7.89. The maximum Gasteiger partial charge on any atom is 0.305 e. The number of esters is 1. The molecule has 1 rings (SSSR count). The lowest BCUT2D eigenvalue weighted by Crippen LogP contribution is -2.25. The van der Waals surface area contributed by atoms with Gasteiger partial charge in [0.05, 0.1) is 11.5 Å². The molecule has 0 spiro atoms. The van der Waals surface area contributed by atoms with Gasteiger partial charge in [0.2, 0.25) is 10.0 Å². The summed E-state index contributed by atoms with van der Waals surface area (Å²) >= 11 is 0. The van der Waals surface area contributed by atoms with Crippen molar-refractivity contribution in [3.63, 3.8) is 0 Å². The standard InChI is InChI=1S/C13H20N2O4S/c1-3-19-13(16)5-4-6-15-20(17,18)12-8-10(2)7-11(14)9-12/h7-9,15H,3-6,14H2,1-2H3. The number of nitrogen functional groups attached to an aromatic ring is 1. The van der Waals surface area contributed by atoms with Gasteiger partial charge in [-0.2, -0.15) is 0 Å². The van der Waals surface area contributed by atoms with Crippen LogP contribution < -0.4 is 10.5 Å². The minimum atomic E-state index is -3.60. The molecule has 0 saturated heterocycles. The van der Waals surface area contributed by atoms with E-state index in [1.165, 1.54) is 6.07 Å². The molecule has 6 nitrogen and oxygen atoms in total. The molecule has 112 valence electrons. The van der Waals surface area contributed by atoms with Gasteiger partial charge < -0.3 is 10.5 Å². The third kappa shape index (κ3) is 5.18. The van der Waals surface area contributed by atoms with Gasteiger partial charge in [-0.05, 0) is 44.0 Å². The Morgan fingerprint density at radius 1 is 1.35 bits per heavy atom. The molecular formula is C13H20N2O4S. The zero-order valence-electron chi connectivity index (χ0n) is 11.7. The second-order valence-electron chi connectivity index (χ2n) is 4.39. The molecule has 0 aliphatic heterocycles. The van der Waals surface area contributed by atoms with Gasteiger partial charge in [0.15, 0.2) is 0 Å². The molecule has 0 aliphatic rings. The third-order valence-corrected chi connectivity index (χ3v) is 3.98. The average Bonchev–Trinajstić information content (AvgIpc) is 2.34. The molecule has 3 N–H and O–H groups in total. The van der Waals surface area contributed by atoms with E-state index in [0.29, 0.717) is 18.7 Å². The molecule has 0 unspecified atom stereocenters. The Hall–Kier alpha value is -1.60. The highest BCUT2D eigenvalue weighted by Crippen LogP contribution is 2.16. The molecule has 7 heteroatoms. The lowest BCUT2D eigenvalue weighted by molar-refractivity contribution is -0.143. The Kier molecular flexibility index (Phi) is 5.97.